The van der Waals surface area contributed by atoms with Gasteiger partial charge in [0.25, 0.3) is 7.82 Å². The summed E-state index contributed by atoms with van der Waals surface area (Å²) in [7, 11) is 1.13. The van der Waals surface area contributed by atoms with Crippen molar-refractivity contribution in [3.05, 3.63) is 134 Å². The first-order chi connectivity index (χ1) is 34.0. The molecule has 0 aromatic carbocycles. The van der Waals surface area contributed by atoms with Crippen molar-refractivity contribution < 1.29 is 42.1 Å². The third-order valence-corrected chi connectivity index (χ3v) is 11.6. The van der Waals surface area contributed by atoms with Crippen molar-refractivity contribution in [2.24, 2.45) is 0 Å². The Morgan fingerprint density at radius 2 is 0.814 bits per heavy atom. The maximum Gasteiger partial charge on any atom is 0.306 e. The highest BCUT2D eigenvalue weighted by atomic mass is 31.2. The van der Waals surface area contributed by atoms with Gasteiger partial charge in [-0.25, -0.2) is 0 Å². The minimum Gasteiger partial charge on any atom is -0.756 e. The molecule has 0 aromatic rings. The lowest BCUT2D eigenvalue weighted by Crippen LogP contribution is -2.37. The second-order valence-corrected chi connectivity index (χ2v) is 19.9. The predicted molar refractivity (Wildman–Crippen MR) is 295 cm³/mol. The molecule has 0 rings (SSSR count). The van der Waals surface area contributed by atoms with Crippen molar-refractivity contribution in [1.29, 1.82) is 0 Å². The molecular weight excluding hydrogens is 894 g/mol. The van der Waals surface area contributed by atoms with Crippen molar-refractivity contribution in [2.75, 3.05) is 47.5 Å². The monoisotopic (exact) mass is 992 g/mol. The topological polar surface area (TPSA) is 111 Å². The molecule has 70 heavy (non-hydrogen) atoms. The first kappa shape index (κ1) is 66.2. The molecule has 0 radical (unpaired) electrons. The van der Waals surface area contributed by atoms with E-state index in [2.05, 4.69) is 148 Å². The number of allylic oxidation sites excluding steroid dienone is 22. The highest BCUT2D eigenvalue weighted by Crippen LogP contribution is 2.38. The van der Waals surface area contributed by atoms with Crippen LogP contribution in [0.5, 0.6) is 0 Å². The normalized spacial score (nSPS) is 14.4. The van der Waals surface area contributed by atoms with Crippen LogP contribution in [0, 0.1) is 0 Å². The summed E-state index contributed by atoms with van der Waals surface area (Å²) in [5.41, 5.74) is 0. The average molecular weight is 992 g/mol. The number of esters is 2. The van der Waals surface area contributed by atoms with Crippen molar-refractivity contribution in [1.82, 2.24) is 0 Å². The van der Waals surface area contributed by atoms with E-state index in [1.165, 1.54) is 19.3 Å². The molecule has 0 fully saturated rings. The Morgan fingerprint density at radius 3 is 1.21 bits per heavy atom. The second kappa shape index (κ2) is 50.1. The van der Waals surface area contributed by atoms with Crippen molar-refractivity contribution >= 4 is 19.8 Å². The number of carbonyl (C=O) groups is 2. The molecule has 2 atom stereocenters. The van der Waals surface area contributed by atoms with E-state index in [0.717, 1.165) is 128 Å². The third kappa shape index (κ3) is 53.5. The Labute approximate surface area is 428 Å². The van der Waals surface area contributed by atoms with Gasteiger partial charge < -0.3 is 27.9 Å². The molecule has 396 valence electrons. The molecule has 0 heterocycles. The molecule has 9 nitrogen and oxygen atoms in total. The maximum atomic E-state index is 12.7. The molecule has 10 heteroatoms. The van der Waals surface area contributed by atoms with Gasteiger partial charge in [-0.2, -0.15) is 0 Å². The highest BCUT2D eigenvalue weighted by molar-refractivity contribution is 7.45. The van der Waals surface area contributed by atoms with Crippen LogP contribution in [0.4, 0.5) is 0 Å². The number of rotatable bonds is 47. The van der Waals surface area contributed by atoms with E-state index in [1.807, 2.05) is 21.1 Å². The van der Waals surface area contributed by atoms with Gasteiger partial charge in [0.05, 0.1) is 27.7 Å². The quantitative estimate of drug-likeness (QED) is 0.0195. The fourth-order valence-corrected chi connectivity index (χ4v) is 7.27. The van der Waals surface area contributed by atoms with Gasteiger partial charge in [-0.1, -0.05) is 205 Å². The van der Waals surface area contributed by atoms with E-state index < -0.39 is 32.5 Å². The first-order valence-electron chi connectivity index (χ1n) is 26.9. The van der Waals surface area contributed by atoms with E-state index in [1.54, 1.807) is 0 Å². The molecular formula is C60H98NO8P. The Kier molecular flexibility index (Phi) is 47.3. The van der Waals surface area contributed by atoms with Gasteiger partial charge in [-0.3, -0.25) is 14.2 Å². The molecule has 0 aliphatic rings. The predicted octanol–water partition coefficient (Wildman–Crippen LogP) is 15.9. The Hall–Kier alpha value is -3.85. The van der Waals surface area contributed by atoms with Crippen LogP contribution in [-0.2, 0) is 32.7 Å². The van der Waals surface area contributed by atoms with Gasteiger partial charge in [0.1, 0.15) is 19.8 Å². The Bertz CT molecular complexity index is 1640. The third-order valence-electron chi connectivity index (χ3n) is 10.7. The summed E-state index contributed by atoms with van der Waals surface area (Å²) in [6.45, 7) is 4.01. The molecule has 0 saturated heterocycles. The minimum absolute atomic E-state index is 0.0411. The summed E-state index contributed by atoms with van der Waals surface area (Å²) in [4.78, 5) is 37.4. The van der Waals surface area contributed by atoms with E-state index in [9.17, 15) is 19.0 Å². The van der Waals surface area contributed by atoms with Crippen LogP contribution in [0.25, 0.3) is 0 Å². The van der Waals surface area contributed by atoms with Gasteiger partial charge in [-0.15, -0.1) is 0 Å². The maximum absolute atomic E-state index is 12.7. The summed E-state index contributed by atoms with van der Waals surface area (Å²) in [6.07, 6.45) is 72.5. The number of hydrogen-bond acceptors (Lipinski definition) is 8. The van der Waals surface area contributed by atoms with Gasteiger partial charge in [0, 0.05) is 12.8 Å². The standard InChI is InChI=1S/C60H98NO8P/c1-6-8-10-12-14-15-16-17-18-19-20-21-22-23-24-25-26-27-28-29-30-31-32-33-34-35-36-37-38-39-40-41-42-43-44-45-47-49-51-53-60(63)69-58(57-68-70(64,65)67-55-54-61(3,4)5)56-66-59(62)52-50-48-46-13-11-9-7-2/h8,10,14-15,17-18,20-21,23-24,26-27,29-30,32-33,35-36,38-39,41-42,58H,6-7,9,11-13,16,19,22,25,28,31,34,37,40,43-57H2,1-5H3/b10-8-,15-14-,18-17-,21-20-,24-23-,27-26-,30-29-,33-32-,36-35-,39-38-,42-41-. The van der Waals surface area contributed by atoms with E-state index in [-0.39, 0.29) is 26.1 Å². The number of hydrogen-bond donors (Lipinski definition) is 0. The van der Waals surface area contributed by atoms with Crippen LogP contribution in [0.15, 0.2) is 134 Å². The van der Waals surface area contributed by atoms with Gasteiger partial charge in [-0.05, 0) is 96.3 Å². The van der Waals surface area contributed by atoms with Gasteiger partial charge >= 0.3 is 11.9 Å². The molecule has 0 N–H and O–H groups in total. The Balaban J connectivity index is 4.10. The lowest BCUT2D eigenvalue weighted by atomic mass is 10.1. The lowest BCUT2D eigenvalue weighted by molar-refractivity contribution is -0.870. The van der Waals surface area contributed by atoms with Crippen molar-refractivity contribution in [3.8, 4) is 0 Å². The van der Waals surface area contributed by atoms with Crippen LogP contribution in [0.3, 0.4) is 0 Å². The molecule has 0 spiro atoms. The second-order valence-electron chi connectivity index (χ2n) is 18.5. The molecule has 0 aliphatic heterocycles. The van der Waals surface area contributed by atoms with Crippen LogP contribution in [0.1, 0.15) is 181 Å². The zero-order valence-corrected chi connectivity index (χ0v) is 45.5. The number of phosphoric ester groups is 1. The van der Waals surface area contributed by atoms with Crippen LogP contribution < -0.4 is 4.89 Å². The SMILES string of the molecule is CC/C=C\C/C=C\C/C=C\C/C=C\C/C=C\C/C=C\C/C=C\C/C=C\C/C=C\C/C=C\C/C=C\CCCCCCCC(=O)OC(COC(=O)CCCCCCCCC)COP(=O)([O-])OCC[N+](C)(C)C. The summed E-state index contributed by atoms with van der Waals surface area (Å²) < 4.78 is 33.8. The van der Waals surface area contributed by atoms with Crippen LogP contribution >= 0.6 is 7.82 Å². The van der Waals surface area contributed by atoms with Crippen LogP contribution in [0.2, 0.25) is 0 Å². The summed E-state index contributed by atoms with van der Waals surface area (Å²) >= 11 is 0. The van der Waals surface area contributed by atoms with Crippen molar-refractivity contribution in [3.63, 3.8) is 0 Å². The number of phosphoric acid groups is 1. The van der Waals surface area contributed by atoms with Crippen LogP contribution in [-0.4, -0.2) is 70.0 Å². The number of ether oxygens (including phenoxy) is 2. The van der Waals surface area contributed by atoms with E-state index in [4.69, 9.17) is 18.5 Å². The van der Waals surface area contributed by atoms with Gasteiger partial charge in [0.15, 0.2) is 6.10 Å². The zero-order valence-electron chi connectivity index (χ0n) is 44.7. The molecule has 0 amide bonds. The average Bonchev–Trinajstić information content (AvgIpc) is 3.32. The van der Waals surface area contributed by atoms with E-state index >= 15 is 0 Å². The summed E-state index contributed by atoms with van der Waals surface area (Å²) in [5.74, 6) is -0.875. The number of quaternary nitrogens is 1. The summed E-state index contributed by atoms with van der Waals surface area (Å²) in [5, 5.41) is 0. The number of unbranched alkanes of at least 4 members (excludes halogenated alkanes) is 11. The molecule has 0 bridgehead atoms. The summed E-state index contributed by atoms with van der Waals surface area (Å²) in [6, 6.07) is 0. The lowest BCUT2D eigenvalue weighted by Gasteiger charge is -2.28. The molecule has 0 aliphatic carbocycles. The largest absolute Gasteiger partial charge is 0.756 e. The number of likely N-dealkylation sites (N-methyl/N-ethyl adjacent to an activating group) is 1. The number of carbonyl (C=O) groups excluding carboxylic acids is 2. The fourth-order valence-electron chi connectivity index (χ4n) is 6.54. The molecule has 0 saturated carbocycles. The highest BCUT2D eigenvalue weighted by Gasteiger charge is 2.21. The fraction of sp³-hybridized carbons (Fsp3) is 0.600. The molecule has 2 unspecified atom stereocenters. The Morgan fingerprint density at radius 1 is 0.457 bits per heavy atom. The van der Waals surface area contributed by atoms with Gasteiger partial charge in [0.2, 0.25) is 0 Å². The smallest absolute Gasteiger partial charge is 0.306 e. The number of nitrogens with zero attached hydrogens (tertiary/aromatic N) is 1. The zero-order chi connectivity index (χ0) is 51.3. The van der Waals surface area contributed by atoms with Crippen molar-refractivity contribution in [2.45, 2.75) is 187 Å². The first-order valence-corrected chi connectivity index (χ1v) is 28.4. The van der Waals surface area contributed by atoms with E-state index in [0.29, 0.717) is 17.4 Å². The molecule has 0 aromatic heterocycles. The minimum atomic E-state index is -4.63.